The molecule has 0 atom stereocenters. The average Bonchev–Trinajstić information content (AvgIpc) is 3.40. The van der Waals surface area contributed by atoms with E-state index in [9.17, 15) is 4.79 Å². The summed E-state index contributed by atoms with van der Waals surface area (Å²) in [6, 6.07) is 14.6. The number of fused-ring (bicyclic) bond motifs is 1. The number of rotatable bonds is 6. The molecule has 29 heavy (non-hydrogen) atoms. The minimum absolute atomic E-state index is 0.256. The number of aromatic nitrogens is 2. The van der Waals surface area contributed by atoms with Crippen molar-refractivity contribution in [1.29, 1.82) is 0 Å². The molecule has 0 fully saturated rings. The molecule has 146 valence electrons. The highest BCUT2D eigenvalue weighted by atomic mass is 35.5. The van der Waals surface area contributed by atoms with Gasteiger partial charge >= 0.3 is 0 Å². The van der Waals surface area contributed by atoms with Gasteiger partial charge in [0.1, 0.15) is 11.5 Å². The molecule has 2 heterocycles. The first-order valence-corrected chi connectivity index (χ1v) is 9.33. The Morgan fingerprint density at radius 2 is 2.03 bits per heavy atom. The summed E-state index contributed by atoms with van der Waals surface area (Å²) >= 11 is 5.93. The van der Waals surface area contributed by atoms with E-state index in [4.69, 9.17) is 20.8 Å². The van der Waals surface area contributed by atoms with Crippen LogP contribution in [0.2, 0.25) is 5.02 Å². The van der Waals surface area contributed by atoms with E-state index in [-0.39, 0.29) is 5.91 Å². The van der Waals surface area contributed by atoms with Crippen molar-refractivity contribution in [2.24, 2.45) is 0 Å². The predicted octanol–water partition coefficient (Wildman–Crippen LogP) is 4.92. The third kappa shape index (κ3) is 4.02. The molecule has 1 amide bonds. The van der Waals surface area contributed by atoms with Gasteiger partial charge in [-0.3, -0.25) is 9.89 Å². The number of H-pyrrole nitrogens is 1. The van der Waals surface area contributed by atoms with Crippen LogP contribution in [0.1, 0.15) is 27.4 Å². The van der Waals surface area contributed by atoms with Crippen LogP contribution in [-0.2, 0) is 6.54 Å². The predicted molar refractivity (Wildman–Crippen MR) is 113 cm³/mol. The monoisotopic (exact) mass is 407 g/mol. The first-order chi connectivity index (χ1) is 14.2. The van der Waals surface area contributed by atoms with E-state index in [1.807, 2.05) is 42.5 Å². The van der Waals surface area contributed by atoms with Crippen LogP contribution in [0.15, 0.2) is 59.2 Å². The van der Waals surface area contributed by atoms with Gasteiger partial charge in [0, 0.05) is 5.02 Å². The van der Waals surface area contributed by atoms with Crippen LogP contribution in [0, 0.1) is 0 Å². The van der Waals surface area contributed by atoms with Crippen molar-refractivity contribution in [3.8, 4) is 5.75 Å². The second-order valence-corrected chi connectivity index (χ2v) is 6.76. The molecule has 2 aromatic heterocycles. The maximum atomic E-state index is 12.7. The lowest BCUT2D eigenvalue weighted by Crippen LogP contribution is -2.23. The molecule has 0 aliphatic heterocycles. The van der Waals surface area contributed by atoms with Gasteiger partial charge < -0.3 is 14.5 Å². The largest absolute Gasteiger partial charge is 0.495 e. The number of hydrogen-bond donors (Lipinski definition) is 2. The van der Waals surface area contributed by atoms with Crippen molar-refractivity contribution < 1.29 is 13.9 Å². The van der Waals surface area contributed by atoms with Crippen LogP contribution >= 0.6 is 11.6 Å². The third-order valence-electron chi connectivity index (χ3n) is 4.47. The molecule has 2 aromatic carbocycles. The molecule has 6 nitrogen and oxygen atoms in total. The van der Waals surface area contributed by atoms with Crippen LogP contribution in [-0.4, -0.2) is 23.2 Å². The minimum Gasteiger partial charge on any atom is -0.495 e. The van der Waals surface area contributed by atoms with Crippen molar-refractivity contribution in [3.05, 3.63) is 82.4 Å². The van der Waals surface area contributed by atoms with Gasteiger partial charge in [-0.2, -0.15) is 5.10 Å². The van der Waals surface area contributed by atoms with Gasteiger partial charge in [-0.25, -0.2) is 0 Å². The van der Waals surface area contributed by atoms with Crippen molar-refractivity contribution in [1.82, 2.24) is 15.5 Å². The Morgan fingerprint density at radius 3 is 2.76 bits per heavy atom. The van der Waals surface area contributed by atoms with Crippen LogP contribution < -0.4 is 10.1 Å². The molecule has 0 spiro atoms. The quantitative estimate of drug-likeness (QED) is 0.475. The molecule has 7 heteroatoms. The Kier molecular flexibility index (Phi) is 5.35. The van der Waals surface area contributed by atoms with Crippen LogP contribution in [0.25, 0.3) is 23.1 Å². The summed E-state index contributed by atoms with van der Waals surface area (Å²) in [5.41, 5.74) is 2.86. The van der Waals surface area contributed by atoms with E-state index < -0.39 is 0 Å². The topological polar surface area (TPSA) is 80.1 Å². The Labute approximate surface area is 172 Å². The van der Waals surface area contributed by atoms with Crippen molar-refractivity contribution in [2.75, 3.05) is 7.11 Å². The number of ether oxygens (including phenoxy) is 1. The second kappa shape index (κ2) is 8.24. The van der Waals surface area contributed by atoms with Gasteiger partial charge in [-0.05, 0) is 48.0 Å². The number of furan rings is 1. The molecule has 2 N–H and O–H groups in total. The average molecular weight is 408 g/mol. The molecule has 0 unspecified atom stereocenters. The van der Waals surface area contributed by atoms with Crippen LogP contribution in [0.3, 0.4) is 0 Å². The zero-order valence-electron chi connectivity index (χ0n) is 15.6. The summed E-state index contributed by atoms with van der Waals surface area (Å²) in [6.07, 6.45) is 5.36. The Balaban J connectivity index is 1.65. The summed E-state index contributed by atoms with van der Waals surface area (Å²) in [5, 5.41) is 11.6. The third-order valence-corrected chi connectivity index (χ3v) is 4.72. The summed E-state index contributed by atoms with van der Waals surface area (Å²) < 4.78 is 10.8. The summed E-state index contributed by atoms with van der Waals surface area (Å²) in [7, 11) is 1.54. The maximum Gasteiger partial charge on any atom is 0.255 e. The number of benzene rings is 2. The zero-order chi connectivity index (χ0) is 20.2. The Bertz CT molecular complexity index is 1160. The number of carbonyl (C=O) groups excluding carboxylic acids is 1. The maximum absolute atomic E-state index is 12.7. The fourth-order valence-corrected chi connectivity index (χ4v) is 3.17. The normalized spacial score (nSPS) is 11.2. The highest BCUT2D eigenvalue weighted by Crippen LogP contribution is 2.32. The van der Waals surface area contributed by atoms with E-state index >= 15 is 0 Å². The summed E-state index contributed by atoms with van der Waals surface area (Å²) in [4.78, 5) is 12.7. The number of amides is 1. The molecular weight excluding hydrogens is 390 g/mol. The molecule has 0 bridgehead atoms. The number of hydrogen-bond acceptors (Lipinski definition) is 4. The molecule has 0 aliphatic rings. The van der Waals surface area contributed by atoms with Crippen LogP contribution in [0.5, 0.6) is 5.75 Å². The number of carbonyl (C=O) groups is 1. The van der Waals surface area contributed by atoms with E-state index in [0.717, 1.165) is 16.5 Å². The summed E-state index contributed by atoms with van der Waals surface area (Å²) in [6.45, 7) is 0.293. The van der Waals surface area contributed by atoms with Gasteiger partial charge in [-0.1, -0.05) is 29.8 Å². The number of halogens is 1. The number of methoxy groups -OCH3 is 1. The van der Waals surface area contributed by atoms with Crippen molar-refractivity contribution in [2.45, 2.75) is 6.54 Å². The van der Waals surface area contributed by atoms with E-state index in [1.165, 1.54) is 7.11 Å². The lowest BCUT2D eigenvalue weighted by Gasteiger charge is -2.10. The SMILES string of the molecule is COc1c(C(=O)NCc2ccco2)ccc2[nH]nc(C=Cc3ccc(Cl)cc3)c12. The van der Waals surface area contributed by atoms with Gasteiger partial charge in [-0.15, -0.1) is 0 Å². The molecule has 4 rings (SSSR count). The van der Waals surface area contributed by atoms with Crippen LogP contribution in [0.4, 0.5) is 0 Å². The zero-order valence-corrected chi connectivity index (χ0v) is 16.4. The molecule has 0 saturated heterocycles. The first-order valence-electron chi connectivity index (χ1n) is 8.95. The highest BCUT2D eigenvalue weighted by molar-refractivity contribution is 6.30. The number of nitrogens with zero attached hydrogens (tertiary/aromatic N) is 1. The minimum atomic E-state index is -0.256. The standard InChI is InChI=1S/C22H18ClN3O3/c1-28-21-17(22(27)24-13-16-3-2-12-29-16)9-11-19-20(21)18(25-26-19)10-6-14-4-7-15(23)8-5-14/h2-12H,13H2,1H3,(H,24,27)(H,25,26). The Hall–Kier alpha value is -3.51. The lowest BCUT2D eigenvalue weighted by molar-refractivity contribution is 0.0945. The van der Waals surface area contributed by atoms with Gasteiger partial charge in [0.15, 0.2) is 0 Å². The van der Waals surface area contributed by atoms with E-state index in [2.05, 4.69) is 15.5 Å². The summed E-state index contributed by atoms with van der Waals surface area (Å²) in [5.74, 6) is 0.881. The van der Waals surface area contributed by atoms with E-state index in [0.29, 0.717) is 34.3 Å². The number of nitrogens with one attached hydrogen (secondary N) is 2. The van der Waals surface area contributed by atoms with Gasteiger partial charge in [0.2, 0.25) is 0 Å². The smallest absolute Gasteiger partial charge is 0.255 e. The second-order valence-electron chi connectivity index (χ2n) is 6.32. The highest BCUT2D eigenvalue weighted by Gasteiger charge is 2.19. The molecule has 0 aliphatic carbocycles. The van der Waals surface area contributed by atoms with Gasteiger partial charge in [0.25, 0.3) is 5.91 Å². The number of aromatic amines is 1. The van der Waals surface area contributed by atoms with Crippen molar-refractivity contribution in [3.63, 3.8) is 0 Å². The molecule has 0 radical (unpaired) electrons. The molecular formula is C22H18ClN3O3. The molecule has 0 saturated carbocycles. The lowest BCUT2D eigenvalue weighted by atomic mass is 10.1. The Morgan fingerprint density at radius 1 is 1.21 bits per heavy atom. The molecule has 4 aromatic rings. The van der Waals surface area contributed by atoms with Crippen molar-refractivity contribution >= 4 is 40.6 Å². The fraction of sp³-hybridized carbons (Fsp3) is 0.0909. The fourth-order valence-electron chi connectivity index (χ4n) is 3.04. The van der Waals surface area contributed by atoms with E-state index in [1.54, 1.807) is 24.5 Å². The first kappa shape index (κ1) is 18.8. The van der Waals surface area contributed by atoms with Gasteiger partial charge in [0.05, 0.1) is 42.1 Å².